The monoisotopic (exact) mass is 508 g/mol. The van der Waals surface area contributed by atoms with Crippen LogP contribution in [0.15, 0.2) is 12.2 Å². The van der Waals surface area contributed by atoms with Crippen molar-refractivity contribution in [3.05, 3.63) is 12.2 Å². The van der Waals surface area contributed by atoms with Crippen LogP contribution < -0.4 is 0 Å². The minimum atomic E-state index is -2.58. The van der Waals surface area contributed by atoms with E-state index in [0.29, 0.717) is 25.9 Å². The van der Waals surface area contributed by atoms with Crippen molar-refractivity contribution >= 4 is 5.78 Å². The first-order chi connectivity index (χ1) is 16.8. The maximum atomic E-state index is 13.6. The third-order valence-corrected chi connectivity index (χ3v) is 12.0. The normalized spacial score (nSPS) is 62.5. The lowest BCUT2D eigenvalue weighted by atomic mass is 9.40. The van der Waals surface area contributed by atoms with Gasteiger partial charge in [-0.25, -0.2) is 0 Å². The molecule has 0 aromatic rings. The molecule has 0 amide bonds. The van der Waals surface area contributed by atoms with Gasteiger partial charge in [0.1, 0.15) is 24.4 Å². The van der Waals surface area contributed by atoms with Crippen LogP contribution in [0.5, 0.6) is 0 Å². The number of hydrogen-bond donors (Lipinski definition) is 6. The van der Waals surface area contributed by atoms with Crippen LogP contribution in [0.2, 0.25) is 0 Å². The predicted octanol–water partition coefficient (Wildman–Crippen LogP) is -0.109. The lowest BCUT2D eigenvalue weighted by molar-refractivity contribution is -0.315. The Morgan fingerprint density at radius 3 is 2.31 bits per heavy atom. The first kappa shape index (κ1) is 25.4. The van der Waals surface area contributed by atoms with Crippen LogP contribution in [0.1, 0.15) is 52.9 Å². The van der Waals surface area contributed by atoms with E-state index in [2.05, 4.69) is 20.4 Å². The Kier molecular flexibility index (Phi) is 5.36. The van der Waals surface area contributed by atoms with E-state index in [1.54, 1.807) is 0 Å². The fraction of sp³-hybridized carbons (Fsp3) is 0.889. The molecule has 0 aromatic carbocycles. The van der Waals surface area contributed by atoms with Crippen LogP contribution in [0.3, 0.4) is 0 Å². The summed E-state index contributed by atoms with van der Waals surface area (Å²) in [5.41, 5.74) is -3.44. The molecule has 36 heavy (non-hydrogen) atoms. The Hall–Kier alpha value is -0.910. The Bertz CT molecular complexity index is 974. The van der Waals surface area contributed by atoms with Crippen molar-refractivity contribution < 1.29 is 44.9 Å². The fourth-order valence-corrected chi connectivity index (χ4v) is 10.0. The van der Waals surface area contributed by atoms with Crippen LogP contribution in [-0.2, 0) is 14.3 Å². The van der Waals surface area contributed by atoms with Crippen LogP contribution in [0, 0.1) is 40.4 Å². The third kappa shape index (κ3) is 2.66. The molecule has 9 nitrogen and oxygen atoms in total. The quantitative estimate of drug-likeness (QED) is 0.246. The average molecular weight is 509 g/mol. The zero-order chi connectivity index (χ0) is 26.2. The van der Waals surface area contributed by atoms with E-state index < -0.39 is 64.9 Å². The maximum Gasteiger partial charge on any atom is 0.196 e. The van der Waals surface area contributed by atoms with Gasteiger partial charge < -0.3 is 40.1 Å². The number of rotatable bonds is 0. The molecule has 4 aliphatic carbocycles. The van der Waals surface area contributed by atoms with E-state index in [1.165, 1.54) is 6.92 Å². The van der Waals surface area contributed by atoms with Gasteiger partial charge in [0, 0.05) is 17.8 Å². The van der Waals surface area contributed by atoms with Gasteiger partial charge in [-0.3, -0.25) is 4.79 Å². The minimum absolute atomic E-state index is 0.102. The lowest BCUT2D eigenvalue weighted by Crippen LogP contribution is -2.82. The molecule has 2 heterocycles. The fourth-order valence-electron chi connectivity index (χ4n) is 10.0. The van der Waals surface area contributed by atoms with E-state index in [0.717, 1.165) is 18.4 Å². The molecule has 6 aliphatic rings. The molecule has 6 N–H and O–H groups in total. The molecule has 6 rings (SSSR count). The molecule has 0 aromatic heterocycles. The van der Waals surface area contributed by atoms with Crippen molar-refractivity contribution in [3.63, 3.8) is 0 Å². The third-order valence-electron chi connectivity index (χ3n) is 12.0. The van der Waals surface area contributed by atoms with E-state index in [-0.39, 0.29) is 29.3 Å². The van der Waals surface area contributed by atoms with Gasteiger partial charge in [-0.2, -0.15) is 0 Å². The van der Waals surface area contributed by atoms with Crippen molar-refractivity contribution in [1.82, 2.24) is 0 Å². The highest BCUT2D eigenvalue weighted by molar-refractivity contribution is 5.94. The summed E-state index contributed by atoms with van der Waals surface area (Å²) in [7, 11) is 0. The van der Waals surface area contributed by atoms with Crippen LogP contribution in [0.25, 0.3) is 0 Å². The first-order valence-electron chi connectivity index (χ1n) is 13.4. The van der Waals surface area contributed by atoms with Crippen molar-refractivity contribution in [2.75, 3.05) is 6.61 Å². The number of hydrogen-bond acceptors (Lipinski definition) is 9. The van der Waals surface area contributed by atoms with Gasteiger partial charge in [0.15, 0.2) is 17.2 Å². The number of aliphatic hydroxyl groups is 6. The summed E-state index contributed by atoms with van der Waals surface area (Å²) in [6.45, 7) is 10.4. The molecule has 6 fully saturated rings. The maximum absolute atomic E-state index is 13.6. The van der Waals surface area contributed by atoms with Crippen molar-refractivity contribution in [2.45, 2.75) is 101 Å². The SMILES string of the molecule is C=C1CC[C@@]2(OC1)O[C@H]1C[C@@H]3[C@H]4[C@H](O)C(=O)[C@]5(O)[C@@H](O)[C@@H](O)[C@@H](O)[C@@H](O)[C@]5(C)[C@@H]4CC[C@]3(C)[C@H]1[C@@H]2C. The molecule has 2 aliphatic heterocycles. The summed E-state index contributed by atoms with van der Waals surface area (Å²) >= 11 is 0. The van der Waals surface area contributed by atoms with Crippen molar-refractivity contribution in [2.24, 2.45) is 40.4 Å². The van der Waals surface area contributed by atoms with Gasteiger partial charge in [-0.05, 0) is 54.8 Å². The highest BCUT2D eigenvalue weighted by atomic mass is 16.7. The number of aliphatic hydroxyl groups excluding tert-OH is 5. The Balaban J connectivity index is 1.38. The topological polar surface area (TPSA) is 157 Å². The second-order valence-electron chi connectivity index (χ2n) is 13.1. The smallest absolute Gasteiger partial charge is 0.196 e. The number of carbonyl (C=O) groups excluding carboxylic acids is 1. The Morgan fingerprint density at radius 1 is 1.00 bits per heavy atom. The van der Waals surface area contributed by atoms with Gasteiger partial charge >= 0.3 is 0 Å². The largest absolute Gasteiger partial charge is 0.390 e. The number of fused-ring (bicyclic) bond motifs is 7. The summed E-state index contributed by atoms with van der Waals surface area (Å²) in [5.74, 6) is -2.67. The second kappa shape index (κ2) is 7.60. The highest BCUT2D eigenvalue weighted by Crippen LogP contribution is 2.71. The minimum Gasteiger partial charge on any atom is -0.390 e. The summed E-state index contributed by atoms with van der Waals surface area (Å²) in [6, 6.07) is 0. The number of ketones is 1. The average Bonchev–Trinajstić information content (AvgIpc) is 3.29. The van der Waals surface area contributed by atoms with Gasteiger partial charge in [0.2, 0.25) is 0 Å². The van der Waals surface area contributed by atoms with Crippen LogP contribution in [0.4, 0.5) is 0 Å². The Morgan fingerprint density at radius 2 is 1.67 bits per heavy atom. The molecule has 0 radical (unpaired) electrons. The van der Waals surface area contributed by atoms with E-state index in [9.17, 15) is 35.4 Å². The second-order valence-corrected chi connectivity index (χ2v) is 13.1. The zero-order valence-corrected chi connectivity index (χ0v) is 21.2. The van der Waals surface area contributed by atoms with Gasteiger partial charge in [-0.15, -0.1) is 0 Å². The summed E-state index contributed by atoms with van der Waals surface area (Å²) < 4.78 is 12.9. The molecular weight excluding hydrogens is 468 g/mol. The highest BCUT2D eigenvalue weighted by Gasteiger charge is 2.78. The molecule has 202 valence electrons. The summed E-state index contributed by atoms with van der Waals surface area (Å²) in [4.78, 5) is 13.6. The van der Waals surface area contributed by atoms with Gasteiger partial charge in [-0.1, -0.05) is 32.9 Å². The molecule has 0 bridgehead atoms. The van der Waals surface area contributed by atoms with Crippen molar-refractivity contribution in [1.29, 1.82) is 0 Å². The number of Topliss-reactive ketones (excluding diaryl/α,β-unsaturated/α-hetero) is 1. The molecule has 1 spiro atoms. The molecule has 0 unspecified atom stereocenters. The standard InChI is InChI=1S/C27H40O9/c1-11-5-8-26(35-10-11)12(2)17-15(36-26)9-14-16-13(6-7-24(14,17)3)25(4)21(31)19(29)20(30)23(33)27(25,34)22(32)18(16)28/h12-21,23,28-31,33-34H,1,5-10H2,2-4H3/t12-,13+,14+,15-,16-,17-,18-,19+,20-,21+,23-,24-,25-,26+,27-/m0/s1. The summed E-state index contributed by atoms with van der Waals surface area (Å²) in [6.07, 6.45) is -5.59. The van der Waals surface area contributed by atoms with Gasteiger partial charge in [0.05, 0.1) is 18.8 Å². The summed E-state index contributed by atoms with van der Waals surface area (Å²) in [5, 5.41) is 65.8. The van der Waals surface area contributed by atoms with E-state index in [4.69, 9.17) is 9.47 Å². The molecule has 15 atom stereocenters. The Labute approximate surface area is 211 Å². The molecule has 4 saturated carbocycles. The molecular formula is C27H40O9. The predicted molar refractivity (Wildman–Crippen MR) is 125 cm³/mol. The molecule has 2 saturated heterocycles. The molecule has 9 heteroatoms. The lowest BCUT2D eigenvalue weighted by Gasteiger charge is -2.66. The first-order valence-corrected chi connectivity index (χ1v) is 13.4. The van der Waals surface area contributed by atoms with Gasteiger partial charge in [0.25, 0.3) is 0 Å². The van der Waals surface area contributed by atoms with Crippen molar-refractivity contribution in [3.8, 4) is 0 Å². The van der Waals surface area contributed by atoms with Crippen LogP contribution >= 0.6 is 0 Å². The van der Waals surface area contributed by atoms with Crippen LogP contribution in [-0.4, -0.2) is 91.0 Å². The number of ether oxygens (including phenoxy) is 2. The van der Waals surface area contributed by atoms with E-state index >= 15 is 0 Å². The number of carbonyl (C=O) groups is 1. The zero-order valence-electron chi connectivity index (χ0n) is 21.2. The van der Waals surface area contributed by atoms with E-state index in [1.807, 2.05) is 0 Å².